The molecule has 138 valence electrons. The van der Waals surface area contributed by atoms with Crippen molar-refractivity contribution in [2.45, 2.75) is 44.8 Å². The number of carbonyl (C=O) groups excluding carboxylic acids is 2. The van der Waals surface area contributed by atoms with E-state index in [1.165, 1.54) is 13.2 Å². The molecule has 1 aromatic rings. The summed E-state index contributed by atoms with van der Waals surface area (Å²) in [4.78, 5) is 25.7. The smallest absolute Gasteiger partial charge is 0.407 e. The molecule has 0 bridgehead atoms. The van der Waals surface area contributed by atoms with Gasteiger partial charge in [-0.3, -0.25) is 4.79 Å². The van der Waals surface area contributed by atoms with E-state index in [0.29, 0.717) is 17.9 Å². The molecule has 2 rings (SSSR count). The van der Waals surface area contributed by atoms with Crippen molar-refractivity contribution in [3.8, 4) is 5.75 Å². The second kappa shape index (κ2) is 7.29. The monoisotopic (exact) mass is 352 g/mol. The fourth-order valence-corrected chi connectivity index (χ4v) is 2.87. The Bertz CT molecular complexity index is 657. The van der Waals surface area contributed by atoms with Crippen molar-refractivity contribution < 1.29 is 23.5 Å². The molecule has 0 saturated carbocycles. The largest absolute Gasteiger partial charge is 0.497 e. The molecule has 0 radical (unpaired) electrons. The van der Waals surface area contributed by atoms with Gasteiger partial charge < -0.3 is 19.7 Å². The van der Waals surface area contributed by atoms with Crippen molar-refractivity contribution in [3.05, 3.63) is 29.6 Å². The van der Waals surface area contributed by atoms with Crippen molar-refractivity contribution >= 4 is 12.0 Å². The van der Waals surface area contributed by atoms with Crippen LogP contribution >= 0.6 is 0 Å². The molecule has 1 aromatic carbocycles. The third-order valence-corrected chi connectivity index (χ3v) is 4.09. The molecule has 6 nitrogen and oxygen atoms in total. The molecule has 1 aliphatic heterocycles. The summed E-state index contributed by atoms with van der Waals surface area (Å²) in [6, 6.07) is 4.06. The number of amides is 2. The number of nitrogens with one attached hydrogen (secondary N) is 1. The summed E-state index contributed by atoms with van der Waals surface area (Å²) in [5.41, 5.74) is -0.221. The predicted octanol–water partition coefficient (Wildman–Crippen LogP) is 2.67. The Morgan fingerprint density at radius 3 is 2.60 bits per heavy atom. The fourth-order valence-electron chi connectivity index (χ4n) is 2.87. The van der Waals surface area contributed by atoms with E-state index in [1.807, 2.05) is 0 Å². The number of alkyl carbamates (subject to hydrolysis) is 1. The van der Waals surface area contributed by atoms with Gasteiger partial charge in [0.05, 0.1) is 7.11 Å². The number of benzene rings is 1. The summed E-state index contributed by atoms with van der Waals surface area (Å²) in [6.45, 7) is 5.58. The van der Waals surface area contributed by atoms with Gasteiger partial charge in [0.15, 0.2) is 0 Å². The third-order valence-electron chi connectivity index (χ3n) is 4.09. The first-order valence-electron chi connectivity index (χ1n) is 8.17. The van der Waals surface area contributed by atoms with Gasteiger partial charge in [-0.25, -0.2) is 9.18 Å². The first-order chi connectivity index (χ1) is 11.6. The summed E-state index contributed by atoms with van der Waals surface area (Å²) in [6.07, 6.45) is -0.528. The number of carbonyl (C=O) groups is 2. The Labute approximate surface area is 147 Å². The van der Waals surface area contributed by atoms with E-state index < -0.39 is 23.6 Å². The lowest BCUT2D eigenvalue weighted by molar-refractivity contribution is -0.133. The number of nitrogens with zero attached hydrogens (tertiary/aromatic N) is 1. The van der Waals surface area contributed by atoms with Crippen molar-refractivity contribution in [3.63, 3.8) is 0 Å². The molecule has 2 unspecified atom stereocenters. The molecular weight excluding hydrogens is 327 g/mol. The highest BCUT2D eigenvalue weighted by molar-refractivity contribution is 5.79. The van der Waals surface area contributed by atoms with Crippen LogP contribution < -0.4 is 10.1 Å². The van der Waals surface area contributed by atoms with Crippen molar-refractivity contribution in [2.24, 2.45) is 0 Å². The molecule has 0 aromatic heterocycles. The number of likely N-dealkylation sites (N-methyl/N-ethyl adjacent to an activating group) is 1. The predicted molar refractivity (Wildman–Crippen MR) is 91.1 cm³/mol. The maximum Gasteiger partial charge on any atom is 0.407 e. The molecule has 2 amide bonds. The quantitative estimate of drug-likeness (QED) is 0.908. The zero-order valence-electron chi connectivity index (χ0n) is 15.3. The lowest BCUT2D eigenvalue weighted by Crippen LogP contribution is -2.52. The molecule has 25 heavy (non-hydrogen) atoms. The molecular formula is C18H25FN2O4. The number of hydrogen-bond donors (Lipinski definition) is 1. The molecule has 0 aliphatic carbocycles. The second-order valence-electron chi connectivity index (χ2n) is 7.23. The number of ether oxygens (including phenoxy) is 2. The lowest BCUT2D eigenvalue weighted by Gasteiger charge is -2.37. The van der Waals surface area contributed by atoms with Gasteiger partial charge >= 0.3 is 6.09 Å². The van der Waals surface area contributed by atoms with Crippen LogP contribution in [-0.2, 0) is 9.53 Å². The van der Waals surface area contributed by atoms with Crippen LogP contribution in [0.2, 0.25) is 0 Å². The van der Waals surface area contributed by atoms with E-state index in [1.54, 1.807) is 44.9 Å². The fraction of sp³-hybridized carbons (Fsp3) is 0.556. The molecule has 1 fully saturated rings. The minimum atomic E-state index is -0.652. The maximum atomic E-state index is 14.5. The topological polar surface area (TPSA) is 67.9 Å². The van der Waals surface area contributed by atoms with Crippen LogP contribution in [0.25, 0.3) is 0 Å². The Morgan fingerprint density at radius 2 is 2.04 bits per heavy atom. The average molecular weight is 352 g/mol. The normalized spacial score (nSPS) is 21.0. The SMILES string of the molecule is COc1ccc(C2CN(C)C(=O)CC2NC(=O)OC(C)(C)C)c(F)c1. The van der Waals surface area contributed by atoms with Gasteiger partial charge in [0.1, 0.15) is 17.2 Å². The number of methoxy groups -OCH3 is 1. The van der Waals surface area contributed by atoms with E-state index in [0.717, 1.165) is 0 Å². The third kappa shape index (κ3) is 4.84. The Kier molecular flexibility index (Phi) is 5.55. The molecule has 2 atom stereocenters. The molecule has 1 aliphatic rings. The average Bonchev–Trinajstić information content (AvgIpc) is 2.49. The number of likely N-dealkylation sites (tertiary alicyclic amines) is 1. The minimum absolute atomic E-state index is 0.0892. The van der Waals surface area contributed by atoms with Crippen LogP contribution in [0.3, 0.4) is 0 Å². The first-order valence-corrected chi connectivity index (χ1v) is 8.17. The summed E-state index contributed by atoms with van der Waals surface area (Å²) in [7, 11) is 3.13. The van der Waals surface area contributed by atoms with Gasteiger partial charge in [0.2, 0.25) is 5.91 Å². The standard InChI is InChI=1S/C18H25FN2O4/c1-18(2,3)25-17(23)20-15-9-16(22)21(4)10-13(15)12-7-6-11(24-5)8-14(12)19/h6-8,13,15H,9-10H2,1-5H3,(H,20,23). The zero-order chi connectivity index (χ0) is 18.8. The molecule has 1 saturated heterocycles. The van der Waals surface area contributed by atoms with Crippen LogP contribution in [0.5, 0.6) is 5.75 Å². The van der Waals surface area contributed by atoms with Gasteiger partial charge in [-0.15, -0.1) is 0 Å². The molecule has 7 heteroatoms. The van der Waals surface area contributed by atoms with Gasteiger partial charge in [0, 0.05) is 38.0 Å². The Balaban J connectivity index is 2.25. The Hall–Kier alpha value is -2.31. The summed E-state index contributed by atoms with van der Waals surface area (Å²) in [5.74, 6) is -0.492. The number of piperidine rings is 1. The Morgan fingerprint density at radius 1 is 1.36 bits per heavy atom. The molecule has 1 N–H and O–H groups in total. The van der Waals surface area contributed by atoms with Crippen LogP contribution in [-0.4, -0.2) is 49.2 Å². The van der Waals surface area contributed by atoms with Crippen molar-refractivity contribution in [1.29, 1.82) is 0 Å². The lowest BCUT2D eigenvalue weighted by atomic mass is 9.85. The summed E-state index contributed by atoms with van der Waals surface area (Å²) >= 11 is 0. The van der Waals surface area contributed by atoms with E-state index in [4.69, 9.17) is 9.47 Å². The first kappa shape index (κ1) is 19.0. The van der Waals surface area contributed by atoms with E-state index in [9.17, 15) is 14.0 Å². The number of halogens is 1. The molecule has 1 heterocycles. The highest BCUT2D eigenvalue weighted by Crippen LogP contribution is 2.31. The minimum Gasteiger partial charge on any atom is -0.497 e. The van der Waals surface area contributed by atoms with E-state index >= 15 is 0 Å². The summed E-state index contributed by atoms with van der Waals surface area (Å²) < 4.78 is 24.8. The van der Waals surface area contributed by atoms with Crippen LogP contribution in [0, 0.1) is 5.82 Å². The highest BCUT2D eigenvalue weighted by atomic mass is 19.1. The molecule has 0 spiro atoms. The number of hydrogen-bond acceptors (Lipinski definition) is 4. The van der Waals surface area contributed by atoms with Crippen molar-refractivity contribution in [2.75, 3.05) is 20.7 Å². The van der Waals surface area contributed by atoms with Gasteiger partial charge in [0.25, 0.3) is 0 Å². The van der Waals surface area contributed by atoms with Crippen LogP contribution in [0.1, 0.15) is 38.7 Å². The van der Waals surface area contributed by atoms with Crippen LogP contribution in [0.15, 0.2) is 18.2 Å². The summed E-state index contributed by atoms with van der Waals surface area (Å²) in [5, 5.41) is 2.72. The van der Waals surface area contributed by atoms with Gasteiger partial charge in [-0.1, -0.05) is 6.07 Å². The highest BCUT2D eigenvalue weighted by Gasteiger charge is 2.36. The maximum absolute atomic E-state index is 14.5. The number of rotatable bonds is 3. The zero-order valence-corrected chi connectivity index (χ0v) is 15.3. The van der Waals surface area contributed by atoms with E-state index in [-0.39, 0.29) is 18.2 Å². The van der Waals surface area contributed by atoms with E-state index in [2.05, 4.69) is 5.32 Å². The second-order valence-corrected chi connectivity index (χ2v) is 7.23. The van der Waals surface area contributed by atoms with Gasteiger partial charge in [-0.05, 0) is 32.4 Å². The van der Waals surface area contributed by atoms with Crippen molar-refractivity contribution in [1.82, 2.24) is 10.2 Å². The van der Waals surface area contributed by atoms with Crippen LogP contribution in [0.4, 0.5) is 9.18 Å². The van der Waals surface area contributed by atoms with Gasteiger partial charge in [-0.2, -0.15) is 0 Å².